The van der Waals surface area contributed by atoms with Crippen molar-refractivity contribution in [3.63, 3.8) is 0 Å². The maximum absolute atomic E-state index is 5.82. The predicted molar refractivity (Wildman–Crippen MR) is 119 cm³/mol. The molecule has 27 heavy (non-hydrogen) atoms. The van der Waals surface area contributed by atoms with Crippen LogP contribution in [0.15, 0.2) is 61.2 Å². The fourth-order valence-electron chi connectivity index (χ4n) is 2.21. The third kappa shape index (κ3) is 13.4. The lowest BCUT2D eigenvalue weighted by Gasteiger charge is -2.16. The molecular weight excluding hydrogens is 352 g/mol. The molecule has 2 atom stereocenters. The highest BCUT2D eigenvalue weighted by atomic mass is 28.3. The van der Waals surface area contributed by atoms with Crippen molar-refractivity contribution in [3.05, 3.63) is 66.8 Å². The second-order valence-corrected chi connectivity index (χ2v) is 13.4. The Labute approximate surface area is 166 Å². The van der Waals surface area contributed by atoms with Crippen LogP contribution in [-0.2, 0) is 14.2 Å². The van der Waals surface area contributed by atoms with E-state index in [0.29, 0.717) is 13.4 Å². The lowest BCUT2D eigenvalue weighted by molar-refractivity contribution is -0.0666. The van der Waals surface area contributed by atoms with Crippen molar-refractivity contribution in [2.24, 2.45) is 0 Å². The summed E-state index contributed by atoms with van der Waals surface area (Å²) in [6.45, 7) is 14.6. The number of benzene rings is 1. The van der Waals surface area contributed by atoms with Gasteiger partial charge in [-0.3, -0.25) is 0 Å². The van der Waals surface area contributed by atoms with Crippen molar-refractivity contribution < 1.29 is 14.2 Å². The third-order valence-electron chi connectivity index (χ3n) is 3.97. The van der Waals surface area contributed by atoms with Crippen molar-refractivity contribution in [3.8, 4) is 0 Å². The maximum Gasteiger partial charge on any atom is 0.147 e. The van der Waals surface area contributed by atoms with Gasteiger partial charge in [0.2, 0.25) is 0 Å². The molecule has 3 nitrogen and oxygen atoms in total. The molecule has 0 aliphatic rings. The minimum Gasteiger partial charge on any atom is -0.370 e. The molecule has 0 saturated carbocycles. The van der Waals surface area contributed by atoms with Crippen molar-refractivity contribution in [2.75, 3.05) is 20.0 Å². The van der Waals surface area contributed by atoms with E-state index in [1.807, 2.05) is 43.4 Å². The minimum absolute atomic E-state index is 0.00173. The van der Waals surface area contributed by atoms with E-state index in [1.54, 1.807) is 0 Å². The highest BCUT2D eigenvalue weighted by Crippen LogP contribution is 2.08. The quantitative estimate of drug-likeness (QED) is 0.171. The maximum atomic E-state index is 5.82. The van der Waals surface area contributed by atoms with Gasteiger partial charge in [-0.1, -0.05) is 80.4 Å². The first-order chi connectivity index (χ1) is 12.9. The molecule has 0 saturated heterocycles. The van der Waals surface area contributed by atoms with Crippen LogP contribution in [0, 0.1) is 0 Å². The Kier molecular flexibility index (Phi) is 11.9. The van der Waals surface area contributed by atoms with Crippen LogP contribution < -0.4 is 0 Å². The highest BCUT2D eigenvalue weighted by molar-refractivity contribution is 6.76. The molecule has 0 aliphatic heterocycles. The van der Waals surface area contributed by atoms with Crippen LogP contribution in [0.1, 0.15) is 18.9 Å². The van der Waals surface area contributed by atoms with Crippen LogP contribution in [0.5, 0.6) is 0 Å². The summed E-state index contributed by atoms with van der Waals surface area (Å²) >= 11 is 0. The summed E-state index contributed by atoms with van der Waals surface area (Å²) in [6.07, 6.45) is 10.9. The fourth-order valence-corrected chi connectivity index (χ4v) is 2.97. The predicted octanol–water partition coefficient (Wildman–Crippen LogP) is 5.93. The Morgan fingerprint density at radius 2 is 1.81 bits per heavy atom. The van der Waals surface area contributed by atoms with Crippen molar-refractivity contribution in [1.29, 1.82) is 0 Å². The van der Waals surface area contributed by atoms with Crippen molar-refractivity contribution in [2.45, 2.75) is 51.2 Å². The zero-order valence-corrected chi connectivity index (χ0v) is 18.4. The summed E-state index contributed by atoms with van der Waals surface area (Å²) in [6, 6.07) is 11.4. The first-order valence-corrected chi connectivity index (χ1v) is 13.4. The van der Waals surface area contributed by atoms with E-state index >= 15 is 0 Å². The van der Waals surface area contributed by atoms with Crippen LogP contribution in [0.25, 0.3) is 6.08 Å². The summed E-state index contributed by atoms with van der Waals surface area (Å²) in [7, 11) is -1.03. The highest BCUT2D eigenvalue weighted by Gasteiger charge is 2.12. The molecule has 4 heteroatoms. The zero-order chi connectivity index (χ0) is 20.0. The Morgan fingerprint density at radius 3 is 2.48 bits per heavy atom. The molecular formula is C23H36O3Si. The van der Waals surface area contributed by atoms with Gasteiger partial charge < -0.3 is 14.2 Å². The van der Waals surface area contributed by atoms with Gasteiger partial charge in [0.1, 0.15) is 6.79 Å². The lowest BCUT2D eigenvalue weighted by Crippen LogP contribution is -2.22. The number of rotatable bonds is 14. The van der Waals surface area contributed by atoms with Crippen LogP contribution >= 0.6 is 0 Å². The van der Waals surface area contributed by atoms with Gasteiger partial charge in [-0.2, -0.15) is 0 Å². The molecule has 0 heterocycles. The van der Waals surface area contributed by atoms with Crippen LogP contribution in [0.2, 0.25) is 25.7 Å². The molecule has 0 N–H and O–H groups in total. The molecule has 0 radical (unpaired) electrons. The first-order valence-electron chi connectivity index (χ1n) is 9.72. The summed E-state index contributed by atoms with van der Waals surface area (Å²) in [4.78, 5) is 0. The molecule has 1 aromatic rings. The molecule has 0 bridgehead atoms. The van der Waals surface area contributed by atoms with Crippen LogP contribution in [-0.4, -0.2) is 40.3 Å². The minimum atomic E-state index is -1.03. The van der Waals surface area contributed by atoms with E-state index in [-0.39, 0.29) is 12.2 Å². The fraction of sp³-hybridized carbons (Fsp3) is 0.478. The van der Waals surface area contributed by atoms with Crippen LogP contribution in [0.4, 0.5) is 0 Å². The van der Waals surface area contributed by atoms with Gasteiger partial charge in [-0.15, -0.1) is 6.58 Å². The zero-order valence-electron chi connectivity index (χ0n) is 17.4. The number of ether oxygens (including phenoxy) is 3. The van der Waals surface area contributed by atoms with E-state index in [1.165, 1.54) is 5.56 Å². The van der Waals surface area contributed by atoms with Gasteiger partial charge in [-0.05, 0) is 25.0 Å². The monoisotopic (exact) mass is 388 g/mol. The van der Waals surface area contributed by atoms with Gasteiger partial charge in [0.15, 0.2) is 0 Å². The molecule has 0 amide bonds. The summed E-state index contributed by atoms with van der Waals surface area (Å²) < 4.78 is 17.0. The average Bonchev–Trinajstić information content (AvgIpc) is 2.63. The summed E-state index contributed by atoms with van der Waals surface area (Å²) in [5.41, 5.74) is 1.18. The number of hydrogen-bond acceptors (Lipinski definition) is 3. The van der Waals surface area contributed by atoms with Crippen molar-refractivity contribution >= 4 is 14.1 Å². The molecule has 0 spiro atoms. The van der Waals surface area contributed by atoms with E-state index < -0.39 is 8.07 Å². The Balaban J connectivity index is 2.17. The van der Waals surface area contributed by atoms with E-state index in [4.69, 9.17) is 14.2 Å². The van der Waals surface area contributed by atoms with Crippen molar-refractivity contribution in [1.82, 2.24) is 0 Å². The Bertz CT molecular complexity index is 561. The molecule has 1 rings (SSSR count). The summed E-state index contributed by atoms with van der Waals surface area (Å²) in [5, 5.41) is 0. The van der Waals surface area contributed by atoms with Gasteiger partial charge in [0.25, 0.3) is 0 Å². The standard InChI is InChI=1S/C23H36O3Si/c1-6-23(25-17-11-15-22-13-8-7-9-14-22)16-10-12-21(2)26-20-24-18-19-27(3,4)5/h6-15,21,23H,1,16-20H2,2-5H3/b12-10-,15-11+/t21-,23-/m0/s1. The van der Waals surface area contributed by atoms with Gasteiger partial charge >= 0.3 is 0 Å². The second-order valence-electron chi connectivity index (χ2n) is 7.79. The van der Waals surface area contributed by atoms with E-state index in [9.17, 15) is 0 Å². The second kappa shape index (κ2) is 13.7. The topological polar surface area (TPSA) is 27.7 Å². The molecule has 0 aliphatic carbocycles. The third-order valence-corrected chi connectivity index (χ3v) is 5.67. The van der Waals surface area contributed by atoms with Gasteiger partial charge in [0, 0.05) is 14.7 Å². The molecule has 0 aromatic heterocycles. The Hall–Kier alpha value is -1.46. The largest absolute Gasteiger partial charge is 0.370 e. The van der Waals surface area contributed by atoms with E-state index in [0.717, 1.165) is 19.1 Å². The Morgan fingerprint density at radius 1 is 1.07 bits per heavy atom. The molecule has 0 fully saturated rings. The van der Waals surface area contributed by atoms with E-state index in [2.05, 4.69) is 50.5 Å². The lowest BCUT2D eigenvalue weighted by atomic mass is 10.2. The van der Waals surface area contributed by atoms with Crippen LogP contribution in [0.3, 0.4) is 0 Å². The normalized spacial score (nSPS) is 14.7. The van der Waals surface area contributed by atoms with Gasteiger partial charge in [0.05, 0.1) is 18.8 Å². The average molecular weight is 389 g/mol. The molecule has 0 unspecified atom stereocenters. The first kappa shape index (κ1) is 23.6. The molecule has 150 valence electrons. The molecule has 1 aromatic carbocycles. The SMILES string of the molecule is C=C[C@@H](C/C=C\[C@H](C)OCOCC[Si](C)(C)C)OC/C=C/c1ccccc1. The smallest absolute Gasteiger partial charge is 0.147 e. The van der Waals surface area contributed by atoms with Gasteiger partial charge in [-0.25, -0.2) is 0 Å². The summed E-state index contributed by atoms with van der Waals surface area (Å²) in [5.74, 6) is 0. The number of hydrogen-bond donors (Lipinski definition) is 0.